The van der Waals surface area contributed by atoms with Gasteiger partial charge in [-0.15, -0.1) is 0 Å². The number of aromatic nitrogens is 1. The topological polar surface area (TPSA) is 42.3 Å². The Labute approximate surface area is 63.1 Å². The van der Waals surface area contributed by atoms with Gasteiger partial charge in [0.25, 0.3) is 0 Å². The molecule has 0 aliphatic carbocycles. The summed E-state index contributed by atoms with van der Waals surface area (Å²) in [6, 6.07) is 3.56. The van der Waals surface area contributed by atoms with Gasteiger partial charge in [0.15, 0.2) is 0 Å². The molecule has 0 fully saturated rings. The highest BCUT2D eigenvalue weighted by Crippen LogP contribution is 1.87. The van der Waals surface area contributed by atoms with Gasteiger partial charge in [-0.25, -0.2) is 4.99 Å². The van der Waals surface area contributed by atoms with E-state index in [-0.39, 0.29) is 5.91 Å². The summed E-state index contributed by atoms with van der Waals surface area (Å²) in [7, 11) is 0. The van der Waals surface area contributed by atoms with E-state index in [1.54, 1.807) is 24.4 Å². The second-order valence-electron chi connectivity index (χ2n) is 2.32. The van der Waals surface area contributed by atoms with E-state index < -0.39 is 0 Å². The largest absolute Gasteiger partial charge is 0.272 e. The molecule has 1 aliphatic heterocycles. The molecule has 0 radical (unpaired) electrons. The quantitative estimate of drug-likeness (QED) is 0.491. The van der Waals surface area contributed by atoms with Crippen LogP contribution in [0.4, 0.5) is 0 Å². The van der Waals surface area contributed by atoms with Crippen LogP contribution in [-0.2, 0) is 4.79 Å². The lowest BCUT2D eigenvalue weighted by Gasteiger charge is -1.95. The first-order chi connectivity index (χ1) is 5.36. The Hall–Kier alpha value is -1.51. The zero-order valence-electron chi connectivity index (χ0n) is 5.82. The summed E-state index contributed by atoms with van der Waals surface area (Å²) < 4.78 is 0. The van der Waals surface area contributed by atoms with Crippen LogP contribution in [-0.4, -0.2) is 10.9 Å². The summed E-state index contributed by atoms with van der Waals surface area (Å²) in [5.41, 5.74) is 0. The molecule has 3 heteroatoms. The van der Waals surface area contributed by atoms with Crippen molar-refractivity contribution in [2.24, 2.45) is 4.99 Å². The van der Waals surface area contributed by atoms with E-state index in [0.717, 1.165) is 5.35 Å². The van der Waals surface area contributed by atoms with Gasteiger partial charge in [-0.3, -0.25) is 9.78 Å². The summed E-state index contributed by atoms with van der Waals surface area (Å²) in [5, 5.41) is 1.50. The van der Waals surface area contributed by atoms with Gasteiger partial charge in [-0.2, -0.15) is 0 Å². The third-order valence-electron chi connectivity index (χ3n) is 1.53. The van der Waals surface area contributed by atoms with Crippen LogP contribution < -0.4 is 10.7 Å². The van der Waals surface area contributed by atoms with E-state index in [0.29, 0.717) is 11.8 Å². The Kier molecular flexibility index (Phi) is 1.28. The predicted octanol–water partition coefficient (Wildman–Crippen LogP) is -0.588. The Morgan fingerprint density at radius 1 is 1.45 bits per heavy atom. The first-order valence-electron chi connectivity index (χ1n) is 3.39. The number of hydrogen-bond acceptors (Lipinski definition) is 2. The van der Waals surface area contributed by atoms with Crippen LogP contribution in [0.5, 0.6) is 0 Å². The van der Waals surface area contributed by atoms with Crippen molar-refractivity contribution in [1.82, 2.24) is 4.98 Å². The Morgan fingerprint density at radius 2 is 2.36 bits per heavy atom. The van der Waals surface area contributed by atoms with Gasteiger partial charge < -0.3 is 0 Å². The monoisotopic (exact) mass is 146 g/mol. The minimum atomic E-state index is -0.0921. The summed E-state index contributed by atoms with van der Waals surface area (Å²) >= 11 is 0. The fraction of sp³-hybridized carbons (Fsp3) is 0.125. The third-order valence-corrected chi connectivity index (χ3v) is 1.53. The van der Waals surface area contributed by atoms with Crippen LogP contribution in [0.1, 0.15) is 6.42 Å². The Morgan fingerprint density at radius 3 is 3.27 bits per heavy atom. The van der Waals surface area contributed by atoms with E-state index in [1.165, 1.54) is 0 Å². The number of carbonyl (C=O) groups is 1. The first-order valence-corrected chi connectivity index (χ1v) is 3.39. The SMILES string of the molecule is O=C1CC=c2ncccc2=N1. The zero-order valence-corrected chi connectivity index (χ0v) is 5.82. The lowest BCUT2D eigenvalue weighted by atomic mass is 10.3. The number of carbonyl (C=O) groups excluding carboxylic acids is 1. The summed E-state index contributed by atoms with van der Waals surface area (Å²) in [5.74, 6) is -0.0921. The molecule has 1 aromatic rings. The molecule has 0 spiro atoms. The van der Waals surface area contributed by atoms with Crippen molar-refractivity contribution >= 4 is 12.0 Å². The van der Waals surface area contributed by atoms with Crippen LogP contribution in [0.3, 0.4) is 0 Å². The number of hydrogen-bond donors (Lipinski definition) is 0. The van der Waals surface area contributed by atoms with Crippen LogP contribution >= 0.6 is 0 Å². The second kappa shape index (κ2) is 2.27. The van der Waals surface area contributed by atoms with Crippen molar-refractivity contribution in [1.29, 1.82) is 0 Å². The smallest absolute Gasteiger partial charge is 0.250 e. The highest BCUT2D eigenvalue weighted by molar-refractivity contribution is 5.82. The highest BCUT2D eigenvalue weighted by atomic mass is 16.1. The number of nitrogens with zero attached hydrogens (tertiary/aromatic N) is 2. The van der Waals surface area contributed by atoms with Crippen molar-refractivity contribution < 1.29 is 4.79 Å². The molecule has 54 valence electrons. The lowest BCUT2D eigenvalue weighted by molar-refractivity contribution is -0.117. The summed E-state index contributed by atoms with van der Waals surface area (Å²) in [4.78, 5) is 18.7. The van der Waals surface area contributed by atoms with E-state index in [4.69, 9.17) is 0 Å². The number of rotatable bonds is 0. The molecular formula is C8H6N2O. The normalized spacial score (nSPS) is 14.7. The van der Waals surface area contributed by atoms with Gasteiger partial charge in [-0.1, -0.05) is 0 Å². The van der Waals surface area contributed by atoms with Gasteiger partial charge in [0.2, 0.25) is 5.91 Å². The number of fused-ring (bicyclic) bond motifs is 1. The van der Waals surface area contributed by atoms with Crippen molar-refractivity contribution in [3.63, 3.8) is 0 Å². The molecule has 1 amide bonds. The van der Waals surface area contributed by atoms with Gasteiger partial charge in [0.1, 0.15) is 0 Å². The highest BCUT2D eigenvalue weighted by Gasteiger charge is 2.01. The fourth-order valence-corrected chi connectivity index (χ4v) is 1.02. The van der Waals surface area contributed by atoms with Gasteiger partial charge in [0, 0.05) is 12.6 Å². The van der Waals surface area contributed by atoms with Crippen molar-refractivity contribution in [2.45, 2.75) is 6.42 Å². The molecule has 1 aromatic heterocycles. The predicted molar refractivity (Wildman–Crippen MR) is 39.1 cm³/mol. The maximum atomic E-state index is 10.8. The third kappa shape index (κ3) is 1.05. The van der Waals surface area contributed by atoms with Crippen LogP contribution in [0.2, 0.25) is 0 Å². The molecule has 0 N–H and O–H groups in total. The van der Waals surface area contributed by atoms with Crippen molar-refractivity contribution in [3.05, 3.63) is 29.0 Å². The maximum absolute atomic E-state index is 10.8. The number of amides is 1. The lowest BCUT2D eigenvalue weighted by Crippen LogP contribution is -2.31. The molecule has 11 heavy (non-hydrogen) atoms. The molecule has 0 saturated heterocycles. The molecule has 0 atom stereocenters. The van der Waals surface area contributed by atoms with Crippen LogP contribution in [0.25, 0.3) is 6.08 Å². The summed E-state index contributed by atoms with van der Waals surface area (Å²) in [6.45, 7) is 0. The zero-order chi connectivity index (χ0) is 7.68. The molecule has 1 aliphatic rings. The molecule has 0 saturated carbocycles. The number of pyridine rings is 1. The van der Waals surface area contributed by atoms with Gasteiger partial charge in [-0.05, 0) is 18.2 Å². The van der Waals surface area contributed by atoms with Crippen LogP contribution in [0, 0.1) is 0 Å². The van der Waals surface area contributed by atoms with Crippen LogP contribution in [0.15, 0.2) is 23.3 Å². The average Bonchev–Trinajstić information content (AvgIpc) is 2.04. The molecule has 0 bridgehead atoms. The van der Waals surface area contributed by atoms with E-state index >= 15 is 0 Å². The van der Waals surface area contributed by atoms with Gasteiger partial charge in [0.05, 0.1) is 10.7 Å². The minimum absolute atomic E-state index is 0.0921. The van der Waals surface area contributed by atoms with E-state index in [1.807, 2.05) is 0 Å². The maximum Gasteiger partial charge on any atom is 0.250 e. The molecule has 0 aromatic carbocycles. The fourth-order valence-electron chi connectivity index (χ4n) is 1.02. The molecule has 2 heterocycles. The van der Waals surface area contributed by atoms with Gasteiger partial charge >= 0.3 is 0 Å². The van der Waals surface area contributed by atoms with E-state index in [9.17, 15) is 4.79 Å². The molecule has 0 unspecified atom stereocenters. The second-order valence-corrected chi connectivity index (χ2v) is 2.32. The summed E-state index contributed by atoms with van der Waals surface area (Å²) in [6.07, 6.45) is 3.87. The molecular weight excluding hydrogens is 140 g/mol. The standard InChI is InChI=1S/C8H6N2O/c11-8-4-3-6-7(10-8)2-1-5-9-6/h1-3,5H,4H2. The Balaban J connectivity index is 2.83. The molecule has 3 nitrogen and oxygen atoms in total. The van der Waals surface area contributed by atoms with Crippen molar-refractivity contribution in [3.8, 4) is 0 Å². The van der Waals surface area contributed by atoms with E-state index in [2.05, 4.69) is 9.98 Å². The average molecular weight is 146 g/mol. The minimum Gasteiger partial charge on any atom is -0.272 e. The molecule has 2 rings (SSSR count). The Bertz CT molecular complexity index is 408. The van der Waals surface area contributed by atoms with Crippen molar-refractivity contribution in [2.75, 3.05) is 0 Å². The first kappa shape index (κ1) is 6.22.